The van der Waals surface area contributed by atoms with Crippen LogP contribution in [0.1, 0.15) is 22.7 Å². The van der Waals surface area contributed by atoms with Gasteiger partial charge in [-0.05, 0) is 17.2 Å². The Hall–Kier alpha value is -3.08. The summed E-state index contributed by atoms with van der Waals surface area (Å²) in [5.74, 6) is 1.43. The Morgan fingerprint density at radius 2 is 1.45 bits per heavy atom. The number of nitrogens with one attached hydrogen (secondary N) is 1. The monoisotopic (exact) mass is 388 g/mol. The van der Waals surface area contributed by atoms with Crippen LogP contribution < -0.4 is 20.5 Å². The van der Waals surface area contributed by atoms with Crippen molar-refractivity contribution in [3.05, 3.63) is 108 Å². The summed E-state index contributed by atoms with van der Waals surface area (Å²) in [6.45, 7) is 5.81. The number of benzene rings is 3. The molecule has 0 aliphatic heterocycles. The predicted molar refractivity (Wildman–Crippen MR) is 118 cm³/mol. The molecule has 3 N–H and O–H groups in total. The maximum absolute atomic E-state index is 6.26. The number of para-hydroxylation sites is 1. The van der Waals surface area contributed by atoms with Crippen LogP contribution in [0.15, 0.2) is 91.5 Å². The van der Waals surface area contributed by atoms with Crippen molar-refractivity contribution in [2.75, 3.05) is 13.1 Å². The van der Waals surface area contributed by atoms with Gasteiger partial charge in [0.25, 0.3) is 0 Å². The fraction of sp³-hybridized carbons (Fsp3) is 0.200. The van der Waals surface area contributed by atoms with Crippen molar-refractivity contribution in [3.63, 3.8) is 0 Å². The van der Waals surface area contributed by atoms with E-state index in [1.54, 1.807) is 0 Å². The highest BCUT2D eigenvalue weighted by Gasteiger charge is 2.18. The molecule has 0 aliphatic rings. The lowest BCUT2D eigenvalue weighted by Gasteiger charge is -2.22. The van der Waals surface area contributed by atoms with Crippen molar-refractivity contribution in [1.29, 1.82) is 0 Å². The van der Waals surface area contributed by atoms with Gasteiger partial charge >= 0.3 is 0 Å². The van der Waals surface area contributed by atoms with Crippen molar-refractivity contribution >= 4 is 0 Å². The number of ether oxygens (including phenoxy) is 2. The summed E-state index contributed by atoms with van der Waals surface area (Å²) in [5.41, 5.74) is 9.23. The Labute approximate surface area is 173 Å². The zero-order valence-electron chi connectivity index (χ0n) is 16.6. The zero-order valence-corrected chi connectivity index (χ0v) is 16.6. The number of rotatable bonds is 11. The van der Waals surface area contributed by atoms with Crippen LogP contribution >= 0.6 is 0 Å². The Morgan fingerprint density at radius 3 is 2.03 bits per heavy atom. The summed E-state index contributed by atoms with van der Waals surface area (Å²) in [6.07, 6.45) is 1.82. The summed E-state index contributed by atoms with van der Waals surface area (Å²) >= 11 is 0. The van der Waals surface area contributed by atoms with Gasteiger partial charge in [0.1, 0.15) is 13.2 Å². The molecule has 0 radical (unpaired) electrons. The van der Waals surface area contributed by atoms with Gasteiger partial charge in [0.05, 0.1) is 0 Å². The third-order valence-electron chi connectivity index (χ3n) is 4.59. The van der Waals surface area contributed by atoms with E-state index in [2.05, 4.69) is 11.9 Å². The second kappa shape index (κ2) is 11.1. The summed E-state index contributed by atoms with van der Waals surface area (Å²) in [7, 11) is 0. The highest BCUT2D eigenvalue weighted by molar-refractivity contribution is 5.48. The molecule has 0 saturated heterocycles. The predicted octanol–water partition coefficient (Wildman–Crippen LogP) is 4.62. The van der Waals surface area contributed by atoms with Gasteiger partial charge in [0.15, 0.2) is 11.5 Å². The van der Waals surface area contributed by atoms with Crippen LogP contribution in [0.3, 0.4) is 0 Å². The minimum atomic E-state index is -0.0564. The summed E-state index contributed by atoms with van der Waals surface area (Å²) < 4.78 is 12.4. The van der Waals surface area contributed by atoms with Crippen LogP contribution in [0.5, 0.6) is 11.5 Å². The van der Waals surface area contributed by atoms with E-state index in [1.165, 1.54) is 0 Å². The second-order valence-corrected chi connectivity index (χ2v) is 6.71. The van der Waals surface area contributed by atoms with E-state index in [0.29, 0.717) is 32.1 Å². The number of nitrogens with two attached hydrogens (primary N) is 1. The van der Waals surface area contributed by atoms with Crippen molar-refractivity contribution in [2.24, 2.45) is 5.73 Å². The lowest BCUT2D eigenvalue weighted by atomic mass is 10.0. The van der Waals surface area contributed by atoms with Gasteiger partial charge in [-0.2, -0.15) is 0 Å². The second-order valence-electron chi connectivity index (χ2n) is 6.71. The SMILES string of the molecule is C=CCNC(CN)c1cccc(OCc2ccccc2)c1OCc1ccccc1. The molecule has 1 atom stereocenters. The third-order valence-corrected chi connectivity index (χ3v) is 4.59. The van der Waals surface area contributed by atoms with E-state index < -0.39 is 0 Å². The first-order chi connectivity index (χ1) is 14.3. The largest absolute Gasteiger partial charge is 0.485 e. The van der Waals surface area contributed by atoms with Crippen LogP contribution in [-0.4, -0.2) is 13.1 Å². The quantitative estimate of drug-likeness (QED) is 0.471. The Bertz CT molecular complexity index is 882. The van der Waals surface area contributed by atoms with Gasteiger partial charge < -0.3 is 20.5 Å². The molecule has 1 unspecified atom stereocenters. The topological polar surface area (TPSA) is 56.5 Å². The van der Waals surface area contributed by atoms with Gasteiger partial charge in [-0.25, -0.2) is 0 Å². The minimum absolute atomic E-state index is 0.0564. The van der Waals surface area contributed by atoms with E-state index in [4.69, 9.17) is 15.2 Å². The molecule has 3 rings (SSSR count). The van der Waals surface area contributed by atoms with Crippen LogP contribution in [-0.2, 0) is 13.2 Å². The molecule has 0 saturated carbocycles. The van der Waals surface area contributed by atoms with Crippen LogP contribution in [0.25, 0.3) is 0 Å². The summed E-state index contributed by atoms with van der Waals surface area (Å²) in [4.78, 5) is 0. The molecule has 0 amide bonds. The van der Waals surface area contributed by atoms with E-state index in [1.807, 2.05) is 84.9 Å². The van der Waals surface area contributed by atoms with Crippen molar-refractivity contribution in [3.8, 4) is 11.5 Å². The minimum Gasteiger partial charge on any atom is -0.485 e. The molecular formula is C25H28N2O2. The Balaban J connectivity index is 1.86. The maximum atomic E-state index is 6.26. The normalized spacial score (nSPS) is 11.6. The molecule has 4 nitrogen and oxygen atoms in total. The molecule has 0 bridgehead atoms. The van der Waals surface area contributed by atoms with Crippen molar-refractivity contribution in [1.82, 2.24) is 5.32 Å². The third kappa shape index (κ3) is 5.95. The fourth-order valence-corrected chi connectivity index (χ4v) is 3.09. The smallest absolute Gasteiger partial charge is 0.166 e. The van der Waals surface area contributed by atoms with E-state index in [-0.39, 0.29) is 6.04 Å². The molecule has 3 aromatic carbocycles. The van der Waals surface area contributed by atoms with E-state index in [9.17, 15) is 0 Å². The van der Waals surface area contributed by atoms with Crippen molar-refractivity contribution < 1.29 is 9.47 Å². The number of hydrogen-bond donors (Lipinski definition) is 2. The Kier molecular flexibility index (Phi) is 7.87. The molecule has 3 aromatic rings. The maximum Gasteiger partial charge on any atom is 0.166 e. The summed E-state index contributed by atoms with van der Waals surface area (Å²) in [5, 5.41) is 3.40. The highest BCUT2D eigenvalue weighted by Crippen LogP contribution is 2.36. The first kappa shape index (κ1) is 20.6. The van der Waals surface area contributed by atoms with Gasteiger partial charge in [-0.1, -0.05) is 78.9 Å². The first-order valence-corrected chi connectivity index (χ1v) is 9.82. The molecule has 0 spiro atoms. The van der Waals surface area contributed by atoms with Gasteiger partial charge in [-0.15, -0.1) is 6.58 Å². The molecule has 0 aromatic heterocycles. The lowest BCUT2D eigenvalue weighted by Crippen LogP contribution is -2.28. The first-order valence-electron chi connectivity index (χ1n) is 9.82. The fourth-order valence-electron chi connectivity index (χ4n) is 3.09. The van der Waals surface area contributed by atoms with Crippen LogP contribution in [0.4, 0.5) is 0 Å². The lowest BCUT2D eigenvalue weighted by molar-refractivity contribution is 0.251. The number of hydrogen-bond acceptors (Lipinski definition) is 4. The van der Waals surface area contributed by atoms with Gasteiger partial charge in [0, 0.05) is 24.7 Å². The molecule has 4 heteroatoms. The van der Waals surface area contributed by atoms with E-state index in [0.717, 1.165) is 22.4 Å². The molecular weight excluding hydrogens is 360 g/mol. The molecule has 0 aliphatic carbocycles. The van der Waals surface area contributed by atoms with Gasteiger partial charge in [-0.3, -0.25) is 0 Å². The average molecular weight is 389 g/mol. The highest BCUT2D eigenvalue weighted by atomic mass is 16.5. The molecule has 150 valence electrons. The van der Waals surface area contributed by atoms with Crippen LogP contribution in [0.2, 0.25) is 0 Å². The van der Waals surface area contributed by atoms with Gasteiger partial charge in [0.2, 0.25) is 0 Å². The molecule has 0 heterocycles. The average Bonchev–Trinajstić information content (AvgIpc) is 2.78. The molecule has 0 fully saturated rings. The summed E-state index contributed by atoms with van der Waals surface area (Å²) in [6, 6.07) is 26.1. The van der Waals surface area contributed by atoms with Crippen molar-refractivity contribution in [2.45, 2.75) is 19.3 Å². The molecule has 29 heavy (non-hydrogen) atoms. The zero-order chi connectivity index (χ0) is 20.3. The Morgan fingerprint density at radius 1 is 0.828 bits per heavy atom. The van der Waals surface area contributed by atoms with E-state index >= 15 is 0 Å². The van der Waals surface area contributed by atoms with Crippen LogP contribution in [0, 0.1) is 0 Å². The standard InChI is InChI=1S/C25H28N2O2/c1-2-16-27-23(17-26)22-14-9-15-24(28-18-20-10-5-3-6-11-20)25(22)29-19-21-12-7-4-8-13-21/h2-15,23,27H,1,16-19,26H2.